The Kier molecular flexibility index (Phi) is 3.10. The van der Waals surface area contributed by atoms with Crippen molar-refractivity contribution in [3.63, 3.8) is 0 Å². The summed E-state index contributed by atoms with van der Waals surface area (Å²) < 4.78 is 10.7. The molecule has 2 aromatic rings. The van der Waals surface area contributed by atoms with Crippen molar-refractivity contribution >= 4 is 16.8 Å². The molecule has 0 radical (unpaired) electrons. The Bertz CT molecular complexity index is 491. The smallest absolute Gasteiger partial charge is 0.197 e. The van der Waals surface area contributed by atoms with Crippen molar-refractivity contribution in [2.75, 3.05) is 19.5 Å². The Labute approximate surface area is 94.4 Å². The molecule has 0 amide bonds. The topological polar surface area (TPSA) is 61.3 Å². The largest absolute Gasteiger partial charge is 0.440 e. The molecule has 4 heteroatoms. The molecule has 1 heterocycles. The number of rotatable bonds is 4. The lowest BCUT2D eigenvalue weighted by atomic mass is 10.1. The number of hydrogen-bond acceptors (Lipinski definition) is 4. The van der Waals surface area contributed by atoms with E-state index in [1.165, 1.54) is 0 Å². The predicted octanol–water partition coefficient (Wildman–Crippen LogP) is 2.16. The average Bonchev–Trinajstić information content (AvgIpc) is 2.67. The highest BCUT2D eigenvalue weighted by atomic mass is 16.5. The molecule has 0 fully saturated rings. The van der Waals surface area contributed by atoms with Gasteiger partial charge in [0.15, 0.2) is 11.5 Å². The van der Waals surface area contributed by atoms with Gasteiger partial charge in [-0.05, 0) is 24.1 Å². The molecule has 0 aliphatic heterocycles. The zero-order valence-electron chi connectivity index (χ0n) is 9.62. The van der Waals surface area contributed by atoms with Crippen LogP contribution >= 0.6 is 0 Å². The van der Waals surface area contributed by atoms with Gasteiger partial charge < -0.3 is 14.9 Å². The van der Waals surface area contributed by atoms with Crippen molar-refractivity contribution in [1.29, 1.82) is 0 Å². The summed E-state index contributed by atoms with van der Waals surface area (Å²) in [6.45, 7) is 2.69. The summed E-state index contributed by atoms with van der Waals surface area (Å²) in [5.74, 6) is 0.706. The van der Waals surface area contributed by atoms with Gasteiger partial charge in [0.05, 0.1) is 6.61 Å². The number of aromatic nitrogens is 1. The van der Waals surface area contributed by atoms with Gasteiger partial charge in [-0.3, -0.25) is 0 Å². The second-order valence-electron chi connectivity index (χ2n) is 3.73. The molecule has 86 valence electrons. The molecule has 0 aliphatic rings. The highest BCUT2D eigenvalue weighted by Crippen LogP contribution is 2.24. The van der Waals surface area contributed by atoms with Crippen LogP contribution in [0.1, 0.15) is 18.4 Å². The van der Waals surface area contributed by atoms with Gasteiger partial charge in [0, 0.05) is 19.2 Å². The van der Waals surface area contributed by atoms with Crippen molar-refractivity contribution in [2.45, 2.75) is 19.8 Å². The van der Waals surface area contributed by atoms with Crippen LogP contribution in [0.3, 0.4) is 0 Å². The summed E-state index contributed by atoms with van der Waals surface area (Å²) >= 11 is 0. The number of oxazole rings is 1. The molecule has 2 rings (SSSR count). The van der Waals surface area contributed by atoms with Gasteiger partial charge in [-0.15, -0.1) is 0 Å². The number of ether oxygens (including phenoxy) is 1. The summed E-state index contributed by atoms with van der Waals surface area (Å²) in [5, 5.41) is 0. The molecular weight excluding hydrogens is 204 g/mol. The van der Waals surface area contributed by atoms with Crippen molar-refractivity contribution in [3.05, 3.63) is 23.6 Å². The Balaban J connectivity index is 2.43. The van der Waals surface area contributed by atoms with Gasteiger partial charge in [0.25, 0.3) is 0 Å². The SMILES string of the molecule is CCc1cc(N)cc2nc(CCOC)oc12. The summed E-state index contributed by atoms with van der Waals surface area (Å²) in [6, 6.07) is 3.78. The van der Waals surface area contributed by atoms with E-state index in [-0.39, 0.29) is 0 Å². The fourth-order valence-corrected chi connectivity index (χ4v) is 1.73. The van der Waals surface area contributed by atoms with Gasteiger partial charge >= 0.3 is 0 Å². The Morgan fingerprint density at radius 1 is 1.44 bits per heavy atom. The highest BCUT2D eigenvalue weighted by molar-refractivity contribution is 5.80. The van der Waals surface area contributed by atoms with Gasteiger partial charge in [0.2, 0.25) is 0 Å². The molecule has 4 nitrogen and oxygen atoms in total. The molecule has 0 saturated carbocycles. The van der Waals surface area contributed by atoms with Crippen molar-refractivity contribution in [1.82, 2.24) is 4.98 Å². The van der Waals surface area contributed by atoms with E-state index in [1.54, 1.807) is 7.11 Å². The number of nitrogens with zero attached hydrogens (tertiary/aromatic N) is 1. The molecule has 0 saturated heterocycles. The molecule has 0 unspecified atom stereocenters. The minimum Gasteiger partial charge on any atom is -0.440 e. The van der Waals surface area contributed by atoms with Crippen molar-refractivity contribution in [2.24, 2.45) is 0 Å². The van der Waals surface area contributed by atoms with E-state index >= 15 is 0 Å². The summed E-state index contributed by atoms with van der Waals surface area (Å²) in [6.07, 6.45) is 1.58. The first-order valence-electron chi connectivity index (χ1n) is 5.41. The lowest BCUT2D eigenvalue weighted by Gasteiger charge is -1.98. The average molecular weight is 220 g/mol. The van der Waals surface area contributed by atoms with E-state index < -0.39 is 0 Å². The van der Waals surface area contributed by atoms with E-state index in [1.807, 2.05) is 12.1 Å². The predicted molar refractivity (Wildman–Crippen MR) is 63.4 cm³/mol. The number of nitrogens with two attached hydrogens (primary N) is 1. The zero-order chi connectivity index (χ0) is 11.5. The van der Waals surface area contributed by atoms with Crippen molar-refractivity contribution < 1.29 is 9.15 Å². The van der Waals surface area contributed by atoms with E-state index in [0.717, 1.165) is 28.8 Å². The maximum absolute atomic E-state index is 5.80. The third kappa shape index (κ3) is 2.02. The number of benzene rings is 1. The lowest BCUT2D eigenvalue weighted by molar-refractivity contribution is 0.196. The number of nitrogen functional groups attached to an aromatic ring is 1. The van der Waals surface area contributed by atoms with E-state index in [4.69, 9.17) is 14.9 Å². The normalized spacial score (nSPS) is 11.1. The van der Waals surface area contributed by atoms with Crippen LogP contribution in [0.5, 0.6) is 0 Å². The molecule has 1 aromatic carbocycles. The molecule has 0 spiro atoms. The highest BCUT2D eigenvalue weighted by Gasteiger charge is 2.10. The number of anilines is 1. The fourth-order valence-electron chi connectivity index (χ4n) is 1.73. The first-order chi connectivity index (χ1) is 7.74. The summed E-state index contributed by atoms with van der Waals surface area (Å²) in [4.78, 5) is 4.39. The van der Waals surface area contributed by atoms with Crippen LogP contribution in [0.2, 0.25) is 0 Å². The molecular formula is C12H16N2O2. The third-order valence-corrected chi connectivity index (χ3v) is 2.53. The monoisotopic (exact) mass is 220 g/mol. The zero-order valence-corrected chi connectivity index (χ0v) is 9.62. The molecule has 0 atom stereocenters. The quantitative estimate of drug-likeness (QED) is 0.802. The van der Waals surface area contributed by atoms with Crippen LogP contribution < -0.4 is 5.73 Å². The first-order valence-corrected chi connectivity index (χ1v) is 5.41. The lowest BCUT2D eigenvalue weighted by Crippen LogP contribution is -1.93. The number of methoxy groups -OCH3 is 1. The summed E-state index contributed by atoms with van der Waals surface area (Å²) in [5.41, 5.74) is 9.32. The Morgan fingerprint density at radius 3 is 2.94 bits per heavy atom. The molecule has 16 heavy (non-hydrogen) atoms. The molecule has 0 bridgehead atoms. The fraction of sp³-hybridized carbons (Fsp3) is 0.417. The third-order valence-electron chi connectivity index (χ3n) is 2.53. The molecule has 2 N–H and O–H groups in total. The maximum atomic E-state index is 5.80. The van der Waals surface area contributed by atoms with Crippen LogP contribution in [0.4, 0.5) is 5.69 Å². The van der Waals surface area contributed by atoms with Crippen LogP contribution in [-0.2, 0) is 17.6 Å². The second kappa shape index (κ2) is 4.53. The standard InChI is InChI=1S/C12H16N2O2/c1-3-8-6-9(13)7-10-12(8)16-11(14-10)4-5-15-2/h6-7H,3-5,13H2,1-2H3. The number of aryl methyl sites for hydroxylation is 1. The first kappa shape index (κ1) is 11.0. The number of hydrogen-bond donors (Lipinski definition) is 1. The van der Waals surface area contributed by atoms with E-state index in [2.05, 4.69) is 11.9 Å². The van der Waals surface area contributed by atoms with Crippen molar-refractivity contribution in [3.8, 4) is 0 Å². The van der Waals surface area contributed by atoms with Gasteiger partial charge in [0.1, 0.15) is 5.52 Å². The molecule has 0 aliphatic carbocycles. The summed E-state index contributed by atoms with van der Waals surface area (Å²) in [7, 11) is 1.66. The maximum Gasteiger partial charge on any atom is 0.197 e. The van der Waals surface area contributed by atoms with Crippen LogP contribution in [0.25, 0.3) is 11.1 Å². The Hall–Kier alpha value is -1.55. The minimum atomic E-state index is 0.615. The minimum absolute atomic E-state index is 0.615. The van der Waals surface area contributed by atoms with Gasteiger partial charge in [-0.2, -0.15) is 0 Å². The van der Waals surface area contributed by atoms with Gasteiger partial charge in [-0.25, -0.2) is 4.98 Å². The van der Waals surface area contributed by atoms with Crippen LogP contribution in [-0.4, -0.2) is 18.7 Å². The number of fused-ring (bicyclic) bond motifs is 1. The van der Waals surface area contributed by atoms with Crippen LogP contribution in [0.15, 0.2) is 16.5 Å². The Morgan fingerprint density at radius 2 is 2.25 bits per heavy atom. The van der Waals surface area contributed by atoms with E-state index in [9.17, 15) is 0 Å². The molecule has 1 aromatic heterocycles. The van der Waals surface area contributed by atoms with E-state index in [0.29, 0.717) is 18.9 Å². The second-order valence-corrected chi connectivity index (χ2v) is 3.73. The van der Waals surface area contributed by atoms with Crippen LogP contribution in [0, 0.1) is 0 Å². The van der Waals surface area contributed by atoms with Gasteiger partial charge in [-0.1, -0.05) is 6.92 Å².